The molecule has 9 nitrogen and oxygen atoms in total. The SMILES string of the molecule is Cc1ccc(NC(=O)CSc2nnc(-c3ccco3)n2C2CCCCC2)c([N+](=O)[O-])c1. The van der Waals surface area contributed by atoms with Crippen LogP contribution < -0.4 is 5.32 Å². The number of anilines is 1. The Morgan fingerprint density at radius 1 is 1.29 bits per heavy atom. The number of aryl methyl sites for hydroxylation is 1. The van der Waals surface area contributed by atoms with Crippen molar-refractivity contribution >= 4 is 29.0 Å². The van der Waals surface area contributed by atoms with Crippen molar-refractivity contribution in [3.63, 3.8) is 0 Å². The number of nitro groups is 1. The normalized spacial score (nSPS) is 14.5. The smallest absolute Gasteiger partial charge is 0.293 e. The molecule has 1 aromatic carbocycles. The van der Waals surface area contributed by atoms with E-state index in [-0.39, 0.29) is 29.1 Å². The molecule has 1 N–H and O–H groups in total. The summed E-state index contributed by atoms with van der Waals surface area (Å²) >= 11 is 1.27. The van der Waals surface area contributed by atoms with Gasteiger partial charge in [-0.3, -0.25) is 19.5 Å². The summed E-state index contributed by atoms with van der Waals surface area (Å²) in [6, 6.07) is 8.64. The molecule has 10 heteroatoms. The van der Waals surface area contributed by atoms with Crippen LogP contribution in [0.4, 0.5) is 11.4 Å². The third-order valence-corrected chi connectivity index (χ3v) is 6.25. The summed E-state index contributed by atoms with van der Waals surface area (Å²) in [5, 5.41) is 23.2. The maximum absolute atomic E-state index is 12.5. The minimum Gasteiger partial charge on any atom is -0.461 e. The summed E-state index contributed by atoms with van der Waals surface area (Å²) in [6.07, 6.45) is 7.16. The van der Waals surface area contributed by atoms with E-state index in [1.54, 1.807) is 25.3 Å². The summed E-state index contributed by atoms with van der Waals surface area (Å²) in [6.45, 7) is 1.77. The number of carbonyl (C=O) groups is 1. The molecule has 1 saturated carbocycles. The molecule has 3 aromatic rings. The van der Waals surface area contributed by atoms with Crippen molar-refractivity contribution in [1.29, 1.82) is 0 Å². The molecule has 1 aliphatic carbocycles. The highest BCUT2D eigenvalue weighted by Crippen LogP contribution is 2.35. The first-order chi connectivity index (χ1) is 15.0. The Hall–Kier alpha value is -3.14. The van der Waals surface area contributed by atoms with Gasteiger partial charge in [-0.15, -0.1) is 10.2 Å². The van der Waals surface area contributed by atoms with Crippen molar-refractivity contribution in [2.75, 3.05) is 11.1 Å². The topological polar surface area (TPSA) is 116 Å². The Bertz CT molecular complexity index is 1070. The van der Waals surface area contributed by atoms with E-state index in [4.69, 9.17) is 4.42 Å². The molecule has 0 atom stereocenters. The van der Waals surface area contributed by atoms with E-state index < -0.39 is 4.92 Å². The molecule has 1 aliphatic rings. The largest absolute Gasteiger partial charge is 0.461 e. The summed E-state index contributed by atoms with van der Waals surface area (Å²) in [7, 11) is 0. The minimum atomic E-state index is -0.495. The van der Waals surface area contributed by atoms with Crippen LogP contribution >= 0.6 is 11.8 Å². The molecule has 4 rings (SSSR count). The Labute approximate surface area is 183 Å². The Kier molecular flexibility index (Phi) is 6.36. The van der Waals surface area contributed by atoms with E-state index in [1.165, 1.54) is 24.2 Å². The van der Waals surface area contributed by atoms with Crippen molar-refractivity contribution in [3.05, 3.63) is 52.3 Å². The maximum Gasteiger partial charge on any atom is 0.293 e. The van der Waals surface area contributed by atoms with E-state index in [0.717, 1.165) is 31.2 Å². The molecule has 0 bridgehead atoms. The van der Waals surface area contributed by atoms with Crippen molar-refractivity contribution in [2.24, 2.45) is 0 Å². The first-order valence-electron chi connectivity index (χ1n) is 10.2. The number of benzene rings is 1. The number of amides is 1. The third-order valence-electron chi connectivity index (χ3n) is 5.30. The standard InChI is InChI=1S/C21H23N5O4S/c1-14-9-10-16(17(12-14)26(28)29)22-19(27)13-31-21-24-23-20(18-8-5-11-30-18)25(21)15-6-3-2-4-7-15/h5,8-12,15H,2-4,6-7,13H2,1H3,(H,22,27). The molecule has 0 spiro atoms. The fourth-order valence-electron chi connectivity index (χ4n) is 3.83. The zero-order valence-electron chi connectivity index (χ0n) is 17.1. The van der Waals surface area contributed by atoms with E-state index in [9.17, 15) is 14.9 Å². The number of nitro benzene ring substituents is 1. The molecule has 162 valence electrons. The van der Waals surface area contributed by atoms with Gasteiger partial charge in [-0.1, -0.05) is 37.1 Å². The van der Waals surface area contributed by atoms with Gasteiger partial charge in [-0.05, 0) is 43.5 Å². The number of thioether (sulfide) groups is 1. The Balaban J connectivity index is 1.51. The predicted octanol–water partition coefficient (Wildman–Crippen LogP) is 4.99. The van der Waals surface area contributed by atoms with Crippen molar-refractivity contribution in [3.8, 4) is 11.6 Å². The van der Waals surface area contributed by atoms with Crippen LogP contribution in [0.3, 0.4) is 0 Å². The molecule has 0 saturated heterocycles. The molecule has 2 aromatic heterocycles. The average Bonchev–Trinajstić information content (AvgIpc) is 3.43. The number of hydrogen-bond donors (Lipinski definition) is 1. The molecule has 31 heavy (non-hydrogen) atoms. The summed E-state index contributed by atoms with van der Waals surface area (Å²) in [4.78, 5) is 23.3. The highest BCUT2D eigenvalue weighted by molar-refractivity contribution is 7.99. The van der Waals surface area contributed by atoms with Crippen LogP contribution in [0, 0.1) is 17.0 Å². The van der Waals surface area contributed by atoms with Gasteiger partial charge < -0.3 is 9.73 Å². The molecular weight excluding hydrogens is 418 g/mol. The highest BCUT2D eigenvalue weighted by Gasteiger charge is 2.25. The van der Waals surface area contributed by atoms with Gasteiger partial charge in [0.15, 0.2) is 10.9 Å². The zero-order chi connectivity index (χ0) is 21.8. The fourth-order valence-corrected chi connectivity index (χ4v) is 4.64. The van der Waals surface area contributed by atoms with E-state index in [0.29, 0.717) is 16.7 Å². The van der Waals surface area contributed by atoms with Gasteiger partial charge in [0, 0.05) is 12.1 Å². The quantitative estimate of drug-likeness (QED) is 0.312. The number of nitrogens with zero attached hydrogens (tertiary/aromatic N) is 4. The number of hydrogen-bond acceptors (Lipinski definition) is 7. The second-order valence-electron chi connectivity index (χ2n) is 7.56. The van der Waals surface area contributed by atoms with Gasteiger partial charge in [-0.2, -0.15) is 0 Å². The number of furan rings is 1. The monoisotopic (exact) mass is 441 g/mol. The predicted molar refractivity (Wildman–Crippen MR) is 117 cm³/mol. The molecule has 0 aliphatic heterocycles. The average molecular weight is 442 g/mol. The molecule has 1 fully saturated rings. The van der Waals surface area contributed by atoms with Gasteiger partial charge in [0.25, 0.3) is 5.69 Å². The minimum absolute atomic E-state index is 0.0635. The second kappa shape index (κ2) is 9.34. The van der Waals surface area contributed by atoms with Crippen LogP contribution in [0.1, 0.15) is 43.7 Å². The Morgan fingerprint density at radius 2 is 2.10 bits per heavy atom. The second-order valence-corrected chi connectivity index (χ2v) is 8.50. The number of nitrogens with one attached hydrogen (secondary N) is 1. The lowest BCUT2D eigenvalue weighted by atomic mass is 9.95. The zero-order valence-corrected chi connectivity index (χ0v) is 17.9. The van der Waals surface area contributed by atoms with Crippen LogP contribution in [0.25, 0.3) is 11.6 Å². The summed E-state index contributed by atoms with van der Waals surface area (Å²) in [5.74, 6) is 1.03. The molecule has 1 amide bonds. The van der Waals surface area contributed by atoms with Crippen molar-refractivity contribution in [1.82, 2.24) is 14.8 Å². The van der Waals surface area contributed by atoms with Gasteiger partial charge in [0.2, 0.25) is 11.7 Å². The van der Waals surface area contributed by atoms with E-state index in [2.05, 4.69) is 20.1 Å². The molecule has 2 heterocycles. The molecular formula is C21H23N5O4S. The maximum atomic E-state index is 12.5. The lowest BCUT2D eigenvalue weighted by Crippen LogP contribution is -2.17. The van der Waals surface area contributed by atoms with Gasteiger partial charge in [0.1, 0.15) is 5.69 Å². The van der Waals surface area contributed by atoms with Gasteiger partial charge >= 0.3 is 0 Å². The summed E-state index contributed by atoms with van der Waals surface area (Å²) < 4.78 is 7.61. The lowest BCUT2D eigenvalue weighted by molar-refractivity contribution is -0.384. The number of rotatable bonds is 7. The third kappa shape index (κ3) is 4.79. The first kappa shape index (κ1) is 21.1. The van der Waals surface area contributed by atoms with Crippen LogP contribution in [0.15, 0.2) is 46.2 Å². The van der Waals surface area contributed by atoms with Crippen molar-refractivity contribution in [2.45, 2.75) is 50.2 Å². The van der Waals surface area contributed by atoms with Crippen LogP contribution in [0.2, 0.25) is 0 Å². The lowest BCUT2D eigenvalue weighted by Gasteiger charge is -2.25. The van der Waals surface area contributed by atoms with E-state index in [1.807, 2.05) is 12.1 Å². The summed E-state index contributed by atoms with van der Waals surface area (Å²) in [5.41, 5.74) is 0.820. The van der Waals surface area contributed by atoms with E-state index >= 15 is 0 Å². The van der Waals surface area contributed by atoms with Crippen LogP contribution in [0.5, 0.6) is 0 Å². The molecule has 0 radical (unpaired) electrons. The van der Waals surface area contributed by atoms with Gasteiger partial charge in [0.05, 0.1) is 16.9 Å². The fraction of sp³-hybridized carbons (Fsp3) is 0.381. The van der Waals surface area contributed by atoms with Crippen LogP contribution in [-0.4, -0.2) is 31.3 Å². The number of carbonyl (C=O) groups excluding carboxylic acids is 1. The highest BCUT2D eigenvalue weighted by atomic mass is 32.2. The number of aromatic nitrogens is 3. The van der Waals surface area contributed by atoms with Crippen molar-refractivity contribution < 1.29 is 14.1 Å². The van der Waals surface area contributed by atoms with Gasteiger partial charge in [-0.25, -0.2) is 0 Å². The Morgan fingerprint density at radius 3 is 2.81 bits per heavy atom. The first-order valence-corrected chi connectivity index (χ1v) is 11.2. The molecule has 0 unspecified atom stereocenters. The van der Waals surface area contributed by atoms with Crippen LogP contribution in [-0.2, 0) is 4.79 Å².